The lowest BCUT2D eigenvalue weighted by Crippen LogP contribution is -2.45. The highest BCUT2D eigenvalue weighted by Crippen LogP contribution is 2.21. The SMILES string of the molecule is CCCCCCCCCCCCCCCCCCCCCC/C=C/C(O)C(CO)NC(=O)CCCCCCCCCCCCCCCCCCCCCCCCCCCCCCCCCCCCCCCOC(=O)CCCCCCCCCCCCCCC. The van der Waals surface area contributed by atoms with Gasteiger partial charge in [0, 0.05) is 12.8 Å². The van der Waals surface area contributed by atoms with Gasteiger partial charge in [0.15, 0.2) is 0 Å². The molecule has 1 amide bonds. The molecule has 0 aromatic heterocycles. The molecule has 0 aliphatic rings. The van der Waals surface area contributed by atoms with Crippen molar-refractivity contribution in [3.05, 3.63) is 12.2 Å². The van der Waals surface area contributed by atoms with E-state index in [0.717, 1.165) is 38.5 Å². The number of hydrogen-bond donors (Lipinski definition) is 3. The van der Waals surface area contributed by atoms with Crippen LogP contribution in [0.3, 0.4) is 0 Å². The largest absolute Gasteiger partial charge is 0.466 e. The van der Waals surface area contributed by atoms with Crippen LogP contribution in [0, 0.1) is 0 Å². The number of nitrogens with one attached hydrogen (secondary N) is 1. The molecule has 6 heteroatoms. The first-order valence-electron chi connectivity index (χ1n) is 41.5. The van der Waals surface area contributed by atoms with Crippen LogP contribution in [0.4, 0.5) is 0 Å². The van der Waals surface area contributed by atoms with Crippen LogP contribution in [0.1, 0.15) is 483 Å². The van der Waals surface area contributed by atoms with Gasteiger partial charge in [-0.3, -0.25) is 9.59 Å². The minimum Gasteiger partial charge on any atom is -0.466 e. The molecule has 0 aromatic rings. The van der Waals surface area contributed by atoms with Crippen LogP contribution >= 0.6 is 0 Å². The van der Waals surface area contributed by atoms with Gasteiger partial charge in [0.2, 0.25) is 5.91 Å². The van der Waals surface area contributed by atoms with Gasteiger partial charge < -0.3 is 20.3 Å². The van der Waals surface area contributed by atoms with Crippen molar-refractivity contribution in [1.29, 1.82) is 0 Å². The number of allylic oxidation sites excluding steroid dienone is 1. The molecule has 2 atom stereocenters. The van der Waals surface area contributed by atoms with E-state index in [1.165, 1.54) is 417 Å². The van der Waals surface area contributed by atoms with Crippen LogP contribution in [-0.2, 0) is 14.3 Å². The van der Waals surface area contributed by atoms with E-state index in [4.69, 9.17) is 4.74 Å². The Morgan fingerprint density at radius 2 is 0.517 bits per heavy atom. The summed E-state index contributed by atoms with van der Waals surface area (Å²) >= 11 is 0. The Kier molecular flexibility index (Phi) is 77.8. The lowest BCUT2D eigenvalue weighted by Gasteiger charge is -2.20. The minimum atomic E-state index is -0.841. The maximum Gasteiger partial charge on any atom is 0.305 e. The van der Waals surface area contributed by atoms with Crippen LogP contribution in [-0.4, -0.2) is 47.4 Å². The highest BCUT2D eigenvalue weighted by Gasteiger charge is 2.18. The van der Waals surface area contributed by atoms with Crippen molar-refractivity contribution in [2.24, 2.45) is 0 Å². The molecule has 0 saturated heterocycles. The summed E-state index contributed by atoms with van der Waals surface area (Å²) in [6, 6.07) is -0.624. The summed E-state index contributed by atoms with van der Waals surface area (Å²) in [5, 5.41) is 23.3. The Balaban J connectivity index is 3.32. The van der Waals surface area contributed by atoms with E-state index in [0.29, 0.717) is 19.4 Å². The number of unbranched alkanes of at least 4 members (excludes halogenated alkanes) is 68. The summed E-state index contributed by atoms with van der Waals surface area (Å²) in [4.78, 5) is 24.6. The third kappa shape index (κ3) is 75.5. The fourth-order valence-corrected chi connectivity index (χ4v) is 13.5. The molecule has 0 aromatic carbocycles. The van der Waals surface area contributed by atoms with Crippen molar-refractivity contribution in [1.82, 2.24) is 5.32 Å². The zero-order valence-electron chi connectivity index (χ0n) is 61.0. The molecule has 0 aliphatic heterocycles. The van der Waals surface area contributed by atoms with Gasteiger partial charge in [-0.05, 0) is 32.1 Å². The number of esters is 1. The molecule has 0 rings (SSSR count). The average molecular weight is 1260 g/mol. The maximum atomic E-state index is 12.6. The third-order valence-electron chi connectivity index (χ3n) is 19.8. The zero-order valence-corrected chi connectivity index (χ0v) is 61.0. The first-order valence-corrected chi connectivity index (χ1v) is 41.5. The van der Waals surface area contributed by atoms with Gasteiger partial charge in [0.05, 0.1) is 25.4 Å². The third-order valence-corrected chi connectivity index (χ3v) is 19.8. The van der Waals surface area contributed by atoms with E-state index in [1.807, 2.05) is 6.08 Å². The van der Waals surface area contributed by atoms with E-state index in [9.17, 15) is 19.8 Å². The molecule has 0 aliphatic carbocycles. The number of rotatable bonds is 79. The lowest BCUT2D eigenvalue weighted by atomic mass is 10.0. The van der Waals surface area contributed by atoms with Crippen molar-refractivity contribution >= 4 is 11.9 Å². The molecular weight excluding hydrogens is 1090 g/mol. The van der Waals surface area contributed by atoms with Gasteiger partial charge >= 0.3 is 5.97 Å². The van der Waals surface area contributed by atoms with E-state index in [1.54, 1.807) is 6.08 Å². The van der Waals surface area contributed by atoms with Crippen LogP contribution in [0.5, 0.6) is 0 Å². The molecule has 0 bridgehead atoms. The van der Waals surface area contributed by atoms with Gasteiger partial charge in [-0.2, -0.15) is 0 Å². The second-order valence-electron chi connectivity index (χ2n) is 28.8. The van der Waals surface area contributed by atoms with Crippen LogP contribution in [0.25, 0.3) is 0 Å². The zero-order chi connectivity index (χ0) is 64.2. The highest BCUT2D eigenvalue weighted by molar-refractivity contribution is 5.76. The first kappa shape index (κ1) is 87.6. The van der Waals surface area contributed by atoms with Gasteiger partial charge in [-0.15, -0.1) is 0 Å². The summed E-state index contributed by atoms with van der Waals surface area (Å²) in [5.74, 6) is -0.0307. The number of amides is 1. The molecule has 0 radical (unpaired) electrons. The minimum absolute atomic E-state index is 0.0259. The Labute approximate surface area is 559 Å². The van der Waals surface area contributed by atoms with Gasteiger partial charge in [-0.25, -0.2) is 0 Å². The number of aliphatic hydroxyl groups excluding tert-OH is 2. The number of aliphatic hydroxyl groups is 2. The topological polar surface area (TPSA) is 95.9 Å². The highest BCUT2D eigenvalue weighted by atomic mass is 16.5. The van der Waals surface area contributed by atoms with Crippen LogP contribution in [0.2, 0.25) is 0 Å². The fourth-order valence-electron chi connectivity index (χ4n) is 13.5. The Hall–Kier alpha value is -1.40. The quantitative estimate of drug-likeness (QED) is 0.0320. The normalized spacial score (nSPS) is 12.4. The van der Waals surface area contributed by atoms with E-state index < -0.39 is 12.1 Å². The van der Waals surface area contributed by atoms with Gasteiger partial charge in [0.25, 0.3) is 0 Å². The molecule has 6 nitrogen and oxygen atoms in total. The summed E-state index contributed by atoms with van der Waals surface area (Å²) in [5.41, 5.74) is 0. The molecule has 0 spiro atoms. The van der Waals surface area contributed by atoms with E-state index >= 15 is 0 Å². The van der Waals surface area contributed by atoms with Crippen molar-refractivity contribution in [2.75, 3.05) is 13.2 Å². The Morgan fingerprint density at radius 1 is 0.303 bits per heavy atom. The number of carbonyl (C=O) groups excluding carboxylic acids is 2. The monoisotopic (exact) mass is 1250 g/mol. The van der Waals surface area contributed by atoms with Gasteiger partial charge in [-0.1, -0.05) is 450 Å². The number of carbonyl (C=O) groups is 2. The summed E-state index contributed by atoms with van der Waals surface area (Å²) in [7, 11) is 0. The summed E-state index contributed by atoms with van der Waals surface area (Å²) in [6.07, 6.45) is 101. The number of ether oxygens (including phenoxy) is 1. The van der Waals surface area contributed by atoms with Gasteiger partial charge in [0.1, 0.15) is 0 Å². The van der Waals surface area contributed by atoms with Crippen molar-refractivity contribution in [3.8, 4) is 0 Å². The predicted octanol–water partition coefficient (Wildman–Crippen LogP) is 27.4. The number of hydrogen-bond acceptors (Lipinski definition) is 5. The van der Waals surface area contributed by atoms with Crippen molar-refractivity contribution in [2.45, 2.75) is 495 Å². The summed E-state index contributed by atoms with van der Waals surface area (Å²) in [6.45, 7) is 4.97. The predicted molar refractivity (Wildman–Crippen MR) is 394 cm³/mol. The van der Waals surface area contributed by atoms with Crippen molar-refractivity contribution < 1.29 is 24.5 Å². The summed E-state index contributed by atoms with van der Waals surface area (Å²) < 4.78 is 5.50. The molecule has 89 heavy (non-hydrogen) atoms. The molecular formula is C83H163NO5. The van der Waals surface area contributed by atoms with Crippen LogP contribution < -0.4 is 5.32 Å². The van der Waals surface area contributed by atoms with Crippen LogP contribution in [0.15, 0.2) is 12.2 Å². The average Bonchev–Trinajstić information content (AvgIpc) is 3.68. The molecule has 0 fully saturated rings. The van der Waals surface area contributed by atoms with Crippen molar-refractivity contribution in [3.63, 3.8) is 0 Å². The fraction of sp³-hybridized carbons (Fsp3) is 0.952. The standard InChI is InChI=1S/C83H163NO5/c1-3-5-7-9-11-13-15-17-18-19-20-21-39-42-45-48-52-55-59-63-67-71-75-81(86)80(79-85)84-82(87)76-72-68-64-60-56-53-49-46-43-40-37-35-33-31-29-27-25-23-22-24-26-28-30-32-34-36-38-41-44-47-50-54-58-62-66-70-74-78-89-83(88)77-73-69-65-61-57-51-16-14-12-10-8-6-4-2/h71,75,80-81,85-86H,3-70,72-74,76-79H2,1-2H3,(H,84,87)/b75-71+. The molecule has 0 saturated carbocycles. The second-order valence-corrected chi connectivity index (χ2v) is 28.8. The molecule has 2 unspecified atom stereocenters. The second kappa shape index (κ2) is 79.0. The first-order chi connectivity index (χ1) is 44.0. The van der Waals surface area contributed by atoms with E-state index in [2.05, 4.69) is 19.2 Å². The molecule has 530 valence electrons. The molecule has 3 N–H and O–H groups in total. The van der Waals surface area contributed by atoms with E-state index in [-0.39, 0.29) is 18.5 Å². The lowest BCUT2D eigenvalue weighted by molar-refractivity contribution is -0.143. The molecule has 0 heterocycles. The maximum absolute atomic E-state index is 12.6. The smallest absolute Gasteiger partial charge is 0.305 e. The Morgan fingerprint density at radius 3 is 0.764 bits per heavy atom. The Bertz CT molecular complexity index is 1350.